The van der Waals surface area contributed by atoms with Crippen LogP contribution < -0.4 is 9.47 Å². The summed E-state index contributed by atoms with van der Waals surface area (Å²) in [5.41, 5.74) is 4.22. The Morgan fingerprint density at radius 2 is 2.17 bits per heavy atom. The van der Waals surface area contributed by atoms with E-state index in [1.54, 1.807) is 0 Å². The number of rotatable bonds is 7. The summed E-state index contributed by atoms with van der Waals surface area (Å²) in [6.07, 6.45) is 3.41. The third-order valence-corrected chi connectivity index (χ3v) is 5.67. The van der Waals surface area contributed by atoms with Crippen LogP contribution in [0.5, 0.6) is 11.5 Å². The first-order valence-electron chi connectivity index (χ1n) is 10.5. The van der Waals surface area contributed by atoms with Crippen LogP contribution in [0.15, 0.2) is 36.5 Å². The average molecular weight is 408 g/mol. The van der Waals surface area contributed by atoms with Crippen molar-refractivity contribution in [3.63, 3.8) is 0 Å². The molecule has 0 saturated heterocycles. The second kappa shape index (κ2) is 8.38. The number of hydrogen-bond acceptors (Lipinski definition) is 4. The van der Waals surface area contributed by atoms with Gasteiger partial charge in [0.25, 0.3) is 0 Å². The molecule has 2 heterocycles. The van der Waals surface area contributed by atoms with E-state index < -0.39 is 5.97 Å². The van der Waals surface area contributed by atoms with Gasteiger partial charge in [0, 0.05) is 16.9 Å². The maximum Gasteiger partial charge on any atom is 0.303 e. The highest BCUT2D eigenvalue weighted by atomic mass is 16.5. The van der Waals surface area contributed by atoms with Crippen molar-refractivity contribution in [2.45, 2.75) is 52.1 Å². The number of aryl methyl sites for hydroxylation is 1. The quantitative estimate of drug-likeness (QED) is 0.548. The van der Waals surface area contributed by atoms with E-state index in [0.717, 1.165) is 45.5 Å². The number of nitrogens with one attached hydrogen (secondary N) is 1. The number of aromatic amines is 1. The molecular formula is C24H28N2O4. The first-order chi connectivity index (χ1) is 14.4. The number of aromatic nitrogens is 2. The number of ether oxygens (including phenoxy) is 2. The minimum atomic E-state index is -0.791. The fourth-order valence-corrected chi connectivity index (χ4v) is 4.23. The summed E-state index contributed by atoms with van der Waals surface area (Å²) in [6, 6.07) is 10.1. The Morgan fingerprint density at radius 1 is 1.33 bits per heavy atom. The third-order valence-electron chi connectivity index (χ3n) is 5.67. The molecule has 0 bridgehead atoms. The summed E-state index contributed by atoms with van der Waals surface area (Å²) >= 11 is 0. The Hall–Kier alpha value is -3.02. The lowest BCUT2D eigenvalue weighted by atomic mass is 9.90. The molecule has 4 rings (SSSR count). The standard InChI is InChI=1S/C24H28N2O4/c1-14(2)8-22(17-9-15(3)24-18(10-17)13-25-26-24)30-19-4-5-21-20(12-19)16(6-7-29-21)11-23(27)28/h4-5,9-10,12-14,16,22H,6-8,11H2,1-3H3,(H,25,26)(H,27,28). The Bertz CT molecular complexity index is 1060. The van der Waals surface area contributed by atoms with E-state index in [4.69, 9.17) is 9.47 Å². The molecule has 0 fully saturated rings. The van der Waals surface area contributed by atoms with Gasteiger partial charge in [-0.25, -0.2) is 0 Å². The molecule has 30 heavy (non-hydrogen) atoms. The van der Waals surface area contributed by atoms with Crippen LogP contribution in [-0.2, 0) is 4.79 Å². The first kappa shape index (κ1) is 20.3. The number of carboxylic acid groups (broad SMARTS) is 1. The zero-order valence-corrected chi connectivity index (χ0v) is 17.6. The molecule has 0 aliphatic carbocycles. The van der Waals surface area contributed by atoms with Crippen molar-refractivity contribution < 1.29 is 19.4 Å². The molecule has 1 aliphatic rings. The Balaban J connectivity index is 1.65. The molecule has 6 heteroatoms. The van der Waals surface area contributed by atoms with E-state index >= 15 is 0 Å². The van der Waals surface area contributed by atoms with E-state index in [-0.39, 0.29) is 18.4 Å². The summed E-state index contributed by atoms with van der Waals surface area (Å²) in [4.78, 5) is 11.3. The largest absolute Gasteiger partial charge is 0.493 e. The Labute approximate surface area is 176 Å². The monoisotopic (exact) mass is 408 g/mol. The Morgan fingerprint density at radius 3 is 2.93 bits per heavy atom. The predicted molar refractivity (Wildman–Crippen MR) is 115 cm³/mol. The third kappa shape index (κ3) is 4.27. The number of carboxylic acids is 1. The molecule has 1 aliphatic heterocycles. The summed E-state index contributed by atoms with van der Waals surface area (Å²) in [6.45, 7) is 6.99. The van der Waals surface area contributed by atoms with Crippen LogP contribution in [0.25, 0.3) is 10.9 Å². The van der Waals surface area contributed by atoms with Gasteiger partial charge in [-0.2, -0.15) is 5.10 Å². The summed E-state index contributed by atoms with van der Waals surface area (Å²) in [5, 5.41) is 17.5. The zero-order chi connectivity index (χ0) is 21.3. The van der Waals surface area contributed by atoms with Gasteiger partial charge in [0.2, 0.25) is 0 Å². The van der Waals surface area contributed by atoms with Gasteiger partial charge in [0.1, 0.15) is 17.6 Å². The van der Waals surface area contributed by atoms with Crippen LogP contribution in [0, 0.1) is 12.8 Å². The van der Waals surface area contributed by atoms with Crippen molar-refractivity contribution in [2.24, 2.45) is 5.92 Å². The number of carbonyl (C=O) groups is 1. The highest BCUT2D eigenvalue weighted by Gasteiger charge is 2.25. The van der Waals surface area contributed by atoms with Gasteiger partial charge >= 0.3 is 5.97 Å². The molecule has 158 valence electrons. The molecule has 0 saturated carbocycles. The smallest absolute Gasteiger partial charge is 0.303 e. The van der Waals surface area contributed by atoms with E-state index in [9.17, 15) is 9.90 Å². The molecule has 6 nitrogen and oxygen atoms in total. The van der Waals surface area contributed by atoms with Crippen molar-refractivity contribution in [3.05, 3.63) is 53.2 Å². The molecular weight excluding hydrogens is 380 g/mol. The molecule has 2 atom stereocenters. The van der Waals surface area contributed by atoms with Crippen LogP contribution >= 0.6 is 0 Å². The lowest BCUT2D eigenvalue weighted by molar-refractivity contribution is -0.137. The number of hydrogen-bond donors (Lipinski definition) is 2. The van der Waals surface area contributed by atoms with E-state index in [0.29, 0.717) is 18.9 Å². The highest BCUT2D eigenvalue weighted by molar-refractivity contribution is 5.82. The SMILES string of the molecule is Cc1cc(C(CC(C)C)Oc2ccc3c(c2)C(CC(=O)O)CCO3)cc2cn[nH]c12. The van der Waals surface area contributed by atoms with Crippen LogP contribution in [0.1, 0.15) is 61.8 Å². The lowest BCUT2D eigenvalue weighted by Gasteiger charge is -2.27. The van der Waals surface area contributed by atoms with E-state index in [2.05, 4.69) is 43.1 Å². The topological polar surface area (TPSA) is 84.4 Å². The molecule has 0 spiro atoms. The molecule has 0 radical (unpaired) electrons. The fourth-order valence-electron chi connectivity index (χ4n) is 4.23. The van der Waals surface area contributed by atoms with Crippen LogP contribution in [0.2, 0.25) is 0 Å². The van der Waals surface area contributed by atoms with Gasteiger partial charge in [-0.15, -0.1) is 0 Å². The van der Waals surface area contributed by atoms with Crippen molar-refractivity contribution in [3.8, 4) is 11.5 Å². The predicted octanol–water partition coefficient (Wildman–Crippen LogP) is 5.38. The van der Waals surface area contributed by atoms with Crippen LogP contribution in [-0.4, -0.2) is 27.9 Å². The molecule has 2 aromatic carbocycles. The van der Waals surface area contributed by atoms with Crippen molar-refractivity contribution in [1.82, 2.24) is 10.2 Å². The van der Waals surface area contributed by atoms with Crippen molar-refractivity contribution in [1.29, 1.82) is 0 Å². The van der Waals surface area contributed by atoms with E-state index in [1.165, 1.54) is 0 Å². The van der Waals surface area contributed by atoms with Gasteiger partial charge in [0.15, 0.2) is 0 Å². The molecule has 2 N–H and O–H groups in total. The Kier molecular flexibility index (Phi) is 5.66. The maximum atomic E-state index is 11.3. The van der Waals surface area contributed by atoms with Gasteiger partial charge < -0.3 is 14.6 Å². The molecule has 1 aromatic heterocycles. The van der Waals surface area contributed by atoms with Crippen LogP contribution in [0.3, 0.4) is 0 Å². The van der Waals surface area contributed by atoms with E-state index in [1.807, 2.05) is 24.4 Å². The average Bonchev–Trinajstić information content (AvgIpc) is 3.16. The van der Waals surface area contributed by atoms with Gasteiger partial charge in [-0.3, -0.25) is 9.89 Å². The van der Waals surface area contributed by atoms with Gasteiger partial charge in [0.05, 0.1) is 24.7 Å². The molecule has 3 aromatic rings. The second-order valence-corrected chi connectivity index (χ2v) is 8.54. The summed E-state index contributed by atoms with van der Waals surface area (Å²) in [7, 11) is 0. The number of benzene rings is 2. The fraction of sp³-hybridized carbons (Fsp3) is 0.417. The number of H-pyrrole nitrogens is 1. The molecule has 0 amide bonds. The highest BCUT2D eigenvalue weighted by Crippen LogP contribution is 2.39. The number of fused-ring (bicyclic) bond motifs is 2. The van der Waals surface area contributed by atoms with Gasteiger partial charge in [-0.05, 0) is 61.1 Å². The maximum absolute atomic E-state index is 11.3. The summed E-state index contributed by atoms with van der Waals surface area (Å²) < 4.78 is 12.2. The second-order valence-electron chi connectivity index (χ2n) is 8.54. The normalized spacial score (nSPS) is 16.9. The number of nitrogens with zero attached hydrogens (tertiary/aromatic N) is 1. The minimum Gasteiger partial charge on any atom is -0.493 e. The van der Waals surface area contributed by atoms with Gasteiger partial charge in [-0.1, -0.05) is 19.9 Å². The van der Waals surface area contributed by atoms with Crippen molar-refractivity contribution in [2.75, 3.05) is 6.61 Å². The summed E-state index contributed by atoms with van der Waals surface area (Å²) in [5.74, 6) is 1.11. The molecule has 2 unspecified atom stereocenters. The lowest BCUT2D eigenvalue weighted by Crippen LogP contribution is -2.17. The first-order valence-corrected chi connectivity index (χ1v) is 10.5. The zero-order valence-electron chi connectivity index (χ0n) is 17.6. The van der Waals surface area contributed by atoms with Crippen LogP contribution in [0.4, 0.5) is 0 Å². The van der Waals surface area contributed by atoms with Crippen molar-refractivity contribution >= 4 is 16.9 Å². The minimum absolute atomic E-state index is 0.0529. The number of aliphatic carboxylic acids is 1.